The molecule has 0 unspecified atom stereocenters. The van der Waals surface area contributed by atoms with Crippen molar-refractivity contribution < 1.29 is 14.4 Å². The third-order valence-corrected chi connectivity index (χ3v) is 7.16. The summed E-state index contributed by atoms with van der Waals surface area (Å²) in [7, 11) is 0. The first-order valence-electron chi connectivity index (χ1n) is 11.1. The van der Waals surface area contributed by atoms with Gasteiger partial charge in [0.15, 0.2) is 16.1 Å². The molecule has 1 saturated heterocycles. The van der Waals surface area contributed by atoms with Crippen molar-refractivity contribution in [2.45, 2.75) is 11.7 Å². The van der Waals surface area contributed by atoms with Gasteiger partial charge in [-0.1, -0.05) is 60.3 Å². The number of nitrogens with one attached hydrogen (secondary N) is 2. The molecule has 2 aromatic heterocycles. The maximum Gasteiger partial charge on any atom is 0.236 e. The molecule has 8 nitrogen and oxygen atoms in total. The number of morpholine rings is 1. The molecule has 2 N–H and O–H groups in total. The number of thioether (sulfide) groups is 1. The third-order valence-electron chi connectivity index (χ3n) is 5.48. The monoisotopic (exact) mass is 493 g/mol. The Hall–Kier alpha value is -3.05. The summed E-state index contributed by atoms with van der Waals surface area (Å²) in [6.07, 6.45) is 0. The van der Waals surface area contributed by atoms with E-state index in [2.05, 4.69) is 25.1 Å². The van der Waals surface area contributed by atoms with Gasteiger partial charge >= 0.3 is 0 Å². The van der Waals surface area contributed by atoms with Gasteiger partial charge < -0.3 is 15.0 Å². The highest BCUT2D eigenvalue weighted by Gasteiger charge is 2.22. The zero-order valence-electron chi connectivity index (χ0n) is 18.5. The number of thiazole rings is 1. The van der Waals surface area contributed by atoms with E-state index in [9.17, 15) is 4.79 Å². The zero-order valence-corrected chi connectivity index (χ0v) is 20.1. The minimum Gasteiger partial charge on any atom is -0.370 e. The number of ether oxygens (including phenoxy) is 1. The molecule has 1 aliphatic heterocycles. The second-order valence-corrected chi connectivity index (χ2v) is 9.65. The van der Waals surface area contributed by atoms with E-state index in [0.29, 0.717) is 10.3 Å². The molecule has 174 valence electrons. The Balaban J connectivity index is 1.26. The summed E-state index contributed by atoms with van der Waals surface area (Å²) in [4.78, 5) is 18.6. The second kappa shape index (κ2) is 10.9. The van der Waals surface area contributed by atoms with Crippen LogP contribution in [0.4, 0.5) is 5.13 Å². The molecule has 4 aromatic rings. The summed E-state index contributed by atoms with van der Waals surface area (Å²) >= 11 is 2.79. The Labute approximate surface area is 206 Å². The highest BCUT2D eigenvalue weighted by atomic mass is 32.2. The summed E-state index contributed by atoms with van der Waals surface area (Å²) in [5, 5.41) is 15.0. The van der Waals surface area contributed by atoms with Crippen molar-refractivity contribution in [3.8, 4) is 16.9 Å². The largest absolute Gasteiger partial charge is 0.370 e. The maximum absolute atomic E-state index is 12.7. The van der Waals surface area contributed by atoms with Gasteiger partial charge in [-0.3, -0.25) is 9.36 Å². The lowest BCUT2D eigenvalue weighted by atomic mass is 10.2. The SMILES string of the molecule is O=C(CSc1nnc(C[NH+]2CCOCC2)n1-c1ccccc1)Nc1nc(-c2ccccc2)cs1. The molecular formula is C24H25N6O2S2+. The minimum absolute atomic E-state index is 0.123. The molecule has 0 saturated carbocycles. The quantitative estimate of drug-likeness (QED) is 0.367. The summed E-state index contributed by atoms with van der Waals surface area (Å²) in [5.41, 5.74) is 2.87. The average Bonchev–Trinajstić information content (AvgIpc) is 3.51. The van der Waals surface area contributed by atoms with Crippen molar-refractivity contribution in [2.75, 3.05) is 37.4 Å². The van der Waals surface area contributed by atoms with Crippen LogP contribution in [0.25, 0.3) is 16.9 Å². The van der Waals surface area contributed by atoms with Crippen LogP contribution in [-0.2, 0) is 16.1 Å². The normalized spacial score (nSPS) is 14.2. The van der Waals surface area contributed by atoms with Gasteiger partial charge in [0.1, 0.15) is 19.6 Å². The number of quaternary nitrogens is 1. The van der Waals surface area contributed by atoms with Crippen LogP contribution in [0.5, 0.6) is 0 Å². The zero-order chi connectivity index (χ0) is 23.2. The van der Waals surface area contributed by atoms with Crippen LogP contribution in [0, 0.1) is 0 Å². The van der Waals surface area contributed by atoms with E-state index in [-0.39, 0.29) is 11.7 Å². The fourth-order valence-corrected chi connectivity index (χ4v) is 5.27. The Morgan fingerprint density at radius 3 is 2.56 bits per heavy atom. The van der Waals surface area contributed by atoms with Crippen molar-refractivity contribution in [3.63, 3.8) is 0 Å². The minimum atomic E-state index is -0.123. The predicted molar refractivity (Wildman–Crippen MR) is 133 cm³/mol. The van der Waals surface area contributed by atoms with Crippen molar-refractivity contribution >= 4 is 34.1 Å². The third kappa shape index (κ3) is 5.53. The average molecular weight is 494 g/mol. The number of anilines is 1. The van der Waals surface area contributed by atoms with Crippen LogP contribution in [0.1, 0.15) is 5.82 Å². The van der Waals surface area contributed by atoms with Crippen LogP contribution >= 0.6 is 23.1 Å². The van der Waals surface area contributed by atoms with Crippen LogP contribution in [0.3, 0.4) is 0 Å². The Morgan fingerprint density at radius 1 is 1.06 bits per heavy atom. The van der Waals surface area contributed by atoms with Gasteiger partial charge in [0, 0.05) is 16.6 Å². The molecule has 5 rings (SSSR count). The number of rotatable bonds is 8. The van der Waals surface area contributed by atoms with Gasteiger partial charge in [0.05, 0.1) is 24.7 Å². The molecule has 2 aromatic carbocycles. The molecular weight excluding hydrogens is 468 g/mol. The van der Waals surface area contributed by atoms with Crippen LogP contribution < -0.4 is 10.2 Å². The summed E-state index contributed by atoms with van der Waals surface area (Å²) < 4.78 is 7.53. The van der Waals surface area contributed by atoms with Crippen molar-refractivity contribution in [3.05, 3.63) is 71.9 Å². The molecule has 0 atom stereocenters. The number of para-hydroxylation sites is 1. The Bertz CT molecular complexity index is 1220. The first kappa shape index (κ1) is 22.7. The number of hydrogen-bond donors (Lipinski definition) is 2. The molecule has 0 spiro atoms. The number of amides is 1. The topological polar surface area (TPSA) is 86.4 Å². The van der Waals surface area contributed by atoms with Crippen LogP contribution in [0.15, 0.2) is 71.2 Å². The predicted octanol–water partition coefficient (Wildman–Crippen LogP) is 2.54. The highest BCUT2D eigenvalue weighted by Crippen LogP contribution is 2.26. The molecule has 34 heavy (non-hydrogen) atoms. The molecule has 1 amide bonds. The van der Waals surface area contributed by atoms with E-state index in [1.54, 1.807) is 0 Å². The second-order valence-electron chi connectivity index (χ2n) is 7.85. The fourth-order valence-electron chi connectivity index (χ4n) is 3.76. The number of carbonyl (C=O) groups is 1. The lowest BCUT2D eigenvalue weighted by molar-refractivity contribution is -0.922. The molecule has 0 aliphatic carbocycles. The van der Waals surface area contributed by atoms with Crippen molar-refractivity contribution in [2.24, 2.45) is 0 Å². The van der Waals surface area contributed by atoms with Crippen molar-refractivity contribution in [1.29, 1.82) is 0 Å². The Kier molecular flexibility index (Phi) is 7.30. The van der Waals surface area contributed by atoms with Gasteiger partial charge in [-0.2, -0.15) is 0 Å². The summed E-state index contributed by atoms with van der Waals surface area (Å²) in [6.45, 7) is 4.19. The molecule has 1 aliphatic rings. The van der Waals surface area contributed by atoms with Gasteiger partial charge in [-0.05, 0) is 12.1 Å². The smallest absolute Gasteiger partial charge is 0.236 e. The number of hydrogen-bond acceptors (Lipinski definition) is 7. The maximum atomic E-state index is 12.7. The van der Waals surface area contributed by atoms with E-state index >= 15 is 0 Å². The van der Waals surface area contributed by atoms with E-state index in [1.165, 1.54) is 28.0 Å². The van der Waals surface area contributed by atoms with Crippen LogP contribution in [0.2, 0.25) is 0 Å². The summed E-state index contributed by atoms with van der Waals surface area (Å²) in [5.74, 6) is 0.982. The van der Waals surface area contributed by atoms with E-state index < -0.39 is 0 Å². The van der Waals surface area contributed by atoms with E-state index in [4.69, 9.17) is 4.74 Å². The van der Waals surface area contributed by atoms with E-state index in [0.717, 1.165) is 55.6 Å². The molecule has 3 heterocycles. The van der Waals surface area contributed by atoms with Gasteiger partial charge in [-0.25, -0.2) is 4.98 Å². The molecule has 1 fully saturated rings. The number of aromatic nitrogens is 4. The first-order valence-corrected chi connectivity index (χ1v) is 13.0. The molecule has 10 heteroatoms. The fraction of sp³-hybridized carbons (Fsp3) is 0.250. The first-order chi connectivity index (χ1) is 16.8. The lowest BCUT2D eigenvalue weighted by Gasteiger charge is -2.23. The van der Waals surface area contributed by atoms with Crippen molar-refractivity contribution in [1.82, 2.24) is 19.7 Å². The molecule has 0 bridgehead atoms. The lowest BCUT2D eigenvalue weighted by Crippen LogP contribution is -3.12. The Morgan fingerprint density at radius 2 is 1.79 bits per heavy atom. The molecule has 0 radical (unpaired) electrons. The number of benzene rings is 2. The van der Waals surface area contributed by atoms with Crippen LogP contribution in [-0.4, -0.2) is 57.7 Å². The highest BCUT2D eigenvalue weighted by molar-refractivity contribution is 7.99. The van der Waals surface area contributed by atoms with Gasteiger partial charge in [-0.15, -0.1) is 21.5 Å². The van der Waals surface area contributed by atoms with Gasteiger partial charge in [0.25, 0.3) is 0 Å². The standard InChI is InChI=1S/C24H24N6O2S2/c31-22(26-23-25-20(16-33-23)18-7-3-1-4-8-18)17-34-24-28-27-21(15-29-11-13-32-14-12-29)30(24)19-9-5-2-6-10-19/h1-10,16H,11-15,17H2,(H,25,26,31)/p+1. The number of nitrogens with zero attached hydrogens (tertiary/aromatic N) is 4. The summed E-state index contributed by atoms with van der Waals surface area (Å²) in [6, 6.07) is 20.0. The van der Waals surface area contributed by atoms with E-state index in [1.807, 2.05) is 66.0 Å². The van der Waals surface area contributed by atoms with Gasteiger partial charge in [0.2, 0.25) is 5.91 Å². The number of carbonyl (C=O) groups excluding carboxylic acids is 1.